The van der Waals surface area contributed by atoms with Gasteiger partial charge in [0.1, 0.15) is 0 Å². The molecule has 0 aromatic rings. The van der Waals surface area contributed by atoms with Crippen molar-refractivity contribution < 1.29 is 19.4 Å². The second-order valence-electron chi connectivity index (χ2n) is 6.61. The molecule has 3 atom stereocenters. The summed E-state index contributed by atoms with van der Waals surface area (Å²) in [7, 11) is 1.84. The molecule has 0 aromatic carbocycles. The first-order valence-corrected chi connectivity index (χ1v) is 7.92. The Hall–Kier alpha value is -1.30. The summed E-state index contributed by atoms with van der Waals surface area (Å²) < 4.78 is 5.35. The number of carboxylic acid groups (broad SMARTS) is 1. The predicted molar refractivity (Wildman–Crippen MR) is 76.0 cm³/mol. The first-order valence-electron chi connectivity index (χ1n) is 7.92. The summed E-state index contributed by atoms with van der Waals surface area (Å²) in [6.45, 7) is 2.31. The Morgan fingerprint density at radius 3 is 2.57 bits per heavy atom. The number of hydrogen-bond donors (Lipinski definition) is 1. The Kier molecular flexibility index (Phi) is 4.06. The molecule has 2 amide bonds. The smallest absolute Gasteiger partial charge is 0.320 e. The first-order chi connectivity index (χ1) is 10.1. The van der Waals surface area contributed by atoms with Gasteiger partial charge >= 0.3 is 12.0 Å². The zero-order chi connectivity index (χ0) is 15.0. The summed E-state index contributed by atoms with van der Waals surface area (Å²) >= 11 is 0. The van der Waals surface area contributed by atoms with Crippen molar-refractivity contribution in [1.29, 1.82) is 0 Å². The molecule has 0 aliphatic carbocycles. The highest BCUT2D eigenvalue weighted by Gasteiger charge is 2.52. The fraction of sp³-hybridized carbons (Fsp3) is 0.867. The molecule has 6 heteroatoms. The standard InChI is InChI=1S/C15H24N2O4/c1-16(9-10-4-6-21-7-5-10)15(20)17-11-2-3-13(17)12(8-11)14(18)19/h10-13H,2-9H2,1H3,(H,18,19). The van der Waals surface area contributed by atoms with Crippen molar-refractivity contribution in [3.05, 3.63) is 0 Å². The molecule has 3 heterocycles. The number of rotatable bonds is 3. The number of carbonyl (C=O) groups is 2. The van der Waals surface area contributed by atoms with Crippen molar-refractivity contribution in [2.24, 2.45) is 11.8 Å². The van der Waals surface area contributed by atoms with E-state index in [1.165, 1.54) is 0 Å². The topological polar surface area (TPSA) is 70.1 Å². The van der Waals surface area contributed by atoms with Gasteiger partial charge in [-0.05, 0) is 38.0 Å². The lowest BCUT2D eigenvalue weighted by Crippen LogP contribution is -2.46. The maximum Gasteiger partial charge on any atom is 0.320 e. The predicted octanol–water partition coefficient (Wildman–Crippen LogP) is 1.40. The van der Waals surface area contributed by atoms with Crippen LogP contribution in [0, 0.1) is 11.8 Å². The molecule has 6 nitrogen and oxygen atoms in total. The van der Waals surface area contributed by atoms with Crippen molar-refractivity contribution in [3.8, 4) is 0 Å². The summed E-state index contributed by atoms with van der Waals surface area (Å²) in [5.74, 6) is -0.625. The zero-order valence-electron chi connectivity index (χ0n) is 12.5. The Labute approximate surface area is 125 Å². The molecule has 21 heavy (non-hydrogen) atoms. The van der Waals surface area contributed by atoms with Crippen LogP contribution in [0.3, 0.4) is 0 Å². The van der Waals surface area contributed by atoms with Gasteiger partial charge in [0.25, 0.3) is 0 Å². The highest BCUT2D eigenvalue weighted by molar-refractivity contribution is 5.79. The van der Waals surface area contributed by atoms with E-state index in [0.29, 0.717) is 12.3 Å². The third-order valence-electron chi connectivity index (χ3n) is 5.27. The van der Waals surface area contributed by atoms with Crippen LogP contribution in [0.4, 0.5) is 4.79 Å². The van der Waals surface area contributed by atoms with Crippen molar-refractivity contribution >= 4 is 12.0 Å². The average molecular weight is 296 g/mol. The second-order valence-corrected chi connectivity index (χ2v) is 6.61. The lowest BCUT2D eigenvalue weighted by Gasteiger charge is -2.32. The van der Waals surface area contributed by atoms with Gasteiger partial charge in [0.05, 0.1) is 5.92 Å². The van der Waals surface area contributed by atoms with E-state index in [2.05, 4.69) is 0 Å². The van der Waals surface area contributed by atoms with E-state index >= 15 is 0 Å². The van der Waals surface area contributed by atoms with Gasteiger partial charge in [-0.3, -0.25) is 4.79 Å². The average Bonchev–Trinajstić information content (AvgIpc) is 3.05. The summed E-state index contributed by atoms with van der Waals surface area (Å²) in [6, 6.07) is 0.0376. The monoisotopic (exact) mass is 296 g/mol. The maximum absolute atomic E-state index is 12.7. The lowest BCUT2D eigenvalue weighted by atomic mass is 9.89. The number of hydrogen-bond acceptors (Lipinski definition) is 3. The second kappa shape index (κ2) is 5.83. The van der Waals surface area contributed by atoms with Gasteiger partial charge in [-0.15, -0.1) is 0 Å². The molecular weight excluding hydrogens is 272 g/mol. The van der Waals surface area contributed by atoms with E-state index in [9.17, 15) is 14.7 Å². The quantitative estimate of drug-likeness (QED) is 0.854. The van der Waals surface area contributed by atoms with Gasteiger partial charge in [-0.1, -0.05) is 0 Å². The SMILES string of the molecule is CN(CC1CCOCC1)C(=O)N1C2CCC1C(C(=O)O)C2. The van der Waals surface area contributed by atoms with Crippen LogP contribution in [0.15, 0.2) is 0 Å². The van der Waals surface area contributed by atoms with Crippen LogP contribution in [0.5, 0.6) is 0 Å². The number of carbonyl (C=O) groups excluding carboxylic acids is 1. The van der Waals surface area contributed by atoms with Crippen LogP contribution in [0.25, 0.3) is 0 Å². The Bertz CT molecular complexity index is 422. The third kappa shape index (κ3) is 2.73. The fourth-order valence-electron chi connectivity index (χ4n) is 4.14. The summed E-state index contributed by atoms with van der Waals surface area (Å²) in [4.78, 5) is 27.6. The van der Waals surface area contributed by atoms with Crippen molar-refractivity contribution in [2.45, 2.75) is 44.2 Å². The van der Waals surface area contributed by atoms with Crippen molar-refractivity contribution in [1.82, 2.24) is 9.80 Å². The molecule has 3 saturated heterocycles. The molecule has 3 aliphatic heterocycles. The molecule has 3 rings (SSSR count). The van der Waals surface area contributed by atoms with Crippen LogP contribution in [-0.4, -0.2) is 65.8 Å². The first kappa shape index (κ1) is 14.6. The molecule has 0 radical (unpaired) electrons. The fourth-order valence-corrected chi connectivity index (χ4v) is 4.14. The van der Waals surface area contributed by atoms with E-state index < -0.39 is 5.97 Å². The molecule has 118 valence electrons. The molecule has 3 unspecified atom stereocenters. The van der Waals surface area contributed by atoms with Gasteiger partial charge < -0.3 is 19.6 Å². The van der Waals surface area contributed by atoms with E-state index in [-0.39, 0.29) is 24.0 Å². The Morgan fingerprint density at radius 2 is 1.95 bits per heavy atom. The molecule has 3 fully saturated rings. The van der Waals surface area contributed by atoms with Crippen LogP contribution in [0.1, 0.15) is 32.1 Å². The molecular formula is C15H24N2O4. The zero-order valence-corrected chi connectivity index (χ0v) is 12.5. The summed E-state index contributed by atoms with van der Waals surface area (Å²) in [6.07, 6.45) is 4.41. The lowest BCUT2D eigenvalue weighted by molar-refractivity contribution is -0.142. The van der Waals surface area contributed by atoms with Gasteiger partial charge in [0, 0.05) is 38.9 Å². The highest BCUT2D eigenvalue weighted by atomic mass is 16.5. The van der Waals surface area contributed by atoms with Gasteiger partial charge in [0.15, 0.2) is 0 Å². The Balaban J connectivity index is 1.61. The normalized spacial score (nSPS) is 32.4. The molecule has 2 bridgehead atoms. The Morgan fingerprint density at radius 1 is 1.24 bits per heavy atom. The van der Waals surface area contributed by atoms with Crippen LogP contribution < -0.4 is 0 Å². The van der Waals surface area contributed by atoms with Gasteiger partial charge in [0.2, 0.25) is 0 Å². The van der Waals surface area contributed by atoms with E-state index in [1.807, 2.05) is 11.9 Å². The number of carboxylic acids is 1. The van der Waals surface area contributed by atoms with Crippen molar-refractivity contribution in [3.63, 3.8) is 0 Å². The number of aliphatic carboxylic acids is 1. The summed E-state index contributed by atoms with van der Waals surface area (Å²) in [5, 5.41) is 9.27. The molecule has 0 aromatic heterocycles. The number of ether oxygens (including phenoxy) is 1. The summed E-state index contributed by atoms with van der Waals surface area (Å²) in [5.41, 5.74) is 0. The van der Waals surface area contributed by atoms with Crippen LogP contribution >= 0.6 is 0 Å². The molecule has 0 saturated carbocycles. The number of fused-ring (bicyclic) bond motifs is 2. The highest BCUT2D eigenvalue weighted by Crippen LogP contribution is 2.42. The molecule has 1 N–H and O–H groups in total. The van der Waals surface area contributed by atoms with Crippen LogP contribution in [-0.2, 0) is 9.53 Å². The molecule has 3 aliphatic rings. The minimum Gasteiger partial charge on any atom is -0.481 e. The third-order valence-corrected chi connectivity index (χ3v) is 5.27. The van der Waals surface area contributed by atoms with Crippen LogP contribution in [0.2, 0.25) is 0 Å². The molecule has 0 spiro atoms. The minimum absolute atomic E-state index is 0.0118. The number of amides is 2. The largest absolute Gasteiger partial charge is 0.481 e. The minimum atomic E-state index is -0.757. The van der Waals surface area contributed by atoms with Crippen molar-refractivity contribution in [2.75, 3.05) is 26.8 Å². The maximum atomic E-state index is 12.7. The van der Waals surface area contributed by atoms with Gasteiger partial charge in [-0.25, -0.2) is 4.79 Å². The number of nitrogens with zero attached hydrogens (tertiary/aromatic N) is 2. The van der Waals surface area contributed by atoms with E-state index in [4.69, 9.17) is 4.74 Å². The van der Waals surface area contributed by atoms with Gasteiger partial charge in [-0.2, -0.15) is 0 Å². The number of urea groups is 1. The van der Waals surface area contributed by atoms with E-state index in [1.54, 1.807) is 4.90 Å². The van der Waals surface area contributed by atoms with E-state index in [0.717, 1.165) is 45.4 Å².